The predicted molar refractivity (Wildman–Crippen MR) is 65.6 cm³/mol. The van der Waals surface area contributed by atoms with Crippen molar-refractivity contribution in [2.45, 2.75) is 41.6 Å². The lowest BCUT2D eigenvalue weighted by molar-refractivity contribution is 0.131. The van der Waals surface area contributed by atoms with E-state index in [1.807, 2.05) is 13.2 Å². The van der Waals surface area contributed by atoms with E-state index < -0.39 is 0 Å². The van der Waals surface area contributed by atoms with E-state index in [1.165, 1.54) is 12.8 Å². The average Bonchev–Trinajstić information content (AvgIpc) is 2.82. The summed E-state index contributed by atoms with van der Waals surface area (Å²) in [4.78, 5) is 7.35. The van der Waals surface area contributed by atoms with E-state index in [-0.39, 0.29) is 12.1 Å². The van der Waals surface area contributed by atoms with Crippen LogP contribution in [0.4, 0.5) is 0 Å². The molecule has 0 radical (unpaired) electrons. The zero-order valence-corrected chi connectivity index (χ0v) is 10.4. The number of nitrogens with zero attached hydrogens (tertiary/aromatic N) is 1. The number of rotatable bonds is 4. The van der Waals surface area contributed by atoms with Crippen molar-refractivity contribution in [2.24, 2.45) is 0 Å². The lowest BCUT2D eigenvalue weighted by atomic mass is 9.82. The maximum absolute atomic E-state index is 9.49. The Morgan fingerprint density at radius 1 is 1.75 bits per heavy atom. The summed E-state index contributed by atoms with van der Waals surface area (Å²) in [5, 5.41) is 14.3. The Hall–Kier alpha value is -0.520. The second kappa shape index (κ2) is 5.21. The molecule has 3 N–H and O–H groups in total. The molecule has 2 unspecified atom stereocenters. The zero-order chi connectivity index (χ0) is 11.4. The monoisotopic (exact) mass is 241 g/mol. The van der Waals surface area contributed by atoms with Gasteiger partial charge in [0.05, 0.1) is 6.61 Å². The van der Waals surface area contributed by atoms with Crippen molar-refractivity contribution in [3.05, 3.63) is 12.4 Å². The molecule has 1 aliphatic rings. The molecule has 1 aromatic heterocycles. The second-order valence-corrected chi connectivity index (χ2v) is 5.71. The van der Waals surface area contributed by atoms with Gasteiger partial charge in [0, 0.05) is 23.2 Å². The fourth-order valence-corrected chi connectivity index (χ4v) is 3.59. The Labute approximate surface area is 100 Å². The molecule has 5 heteroatoms. The van der Waals surface area contributed by atoms with Crippen LogP contribution in [0.15, 0.2) is 17.6 Å². The number of aromatic amines is 1. The van der Waals surface area contributed by atoms with Crippen LogP contribution in [0.2, 0.25) is 0 Å². The van der Waals surface area contributed by atoms with Crippen LogP contribution >= 0.6 is 11.8 Å². The Bertz CT molecular complexity index is 311. The lowest BCUT2D eigenvalue weighted by Crippen LogP contribution is -2.50. The van der Waals surface area contributed by atoms with Crippen LogP contribution in [0.1, 0.15) is 25.7 Å². The fraction of sp³-hybridized carbons (Fsp3) is 0.727. The van der Waals surface area contributed by atoms with Gasteiger partial charge in [-0.05, 0) is 26.3 Å². The van der Waals surface area contributed by atoms with Crippen molar-refractivity contribution in [2.75, 3.05) is 13.7 Å². The number of hydrogen-bond donors (Lipinski definition) is 3. The van der Waals surface area contributed by atoms with Crippen LogP contribution in [0.25, 0.3) is 0 Å². The molecule has 90 valence electrons. The zero-order valence-electron chi connectivity index (χ0n) is 9.57. The lowest BCUT2D eigenvalue weighted by Gasteiger charge is -2.39. The number of aliphatic hydroxyl groups is 1. The van der Waals surface area contributed by atoms with Gasteiger partial charge in [-0.1, -0.05) is 18.2 Å². The maximum atomic E-state index is 9.49. The van der Waals surface area contributed by atoms with Crippen LogP contribution < -0.4 is 5.32 Å². The number of aromatic nitrogens is 2. The summed E-state index contributed by atoms with van der Waals surface area (Å²) < 4.78 is 0. The molecule has 0 saturated heterocycles. The first kappa shape index (κ1) is 12.0. The molecule has 1 heterocycles. The summed E-state index contributed by atoms with van der Waals surface area (Å²) >= 11 is 1.79. The first-order valence-electron chi connectivity index (χ1n) is 5.74. The smallest absolute Gasteiger partial charge is 0.165 e. The molecule has 1 saturated carbocycles. The van der Waals surface area contributed by atoms with E-state index >= 15 is 0 Å². The van der Waals surface area contributed by atoms with E-state index in [4.69, 9.17) is 0 Å². The fourth-order valence-electron chi connectivity index (χ4n) is 2.33. The Kier molecular flexibility index (Phi) is 3.89. The predicted octanol–water partition coefficient (Wildman–Crippen LogP) is 1.39. The van der Waals surface area contributed by atoms with Gasteiger partial charge in [0.25, 0.3) is 0 Å². The minimum atomic E-state index is -0.0808. The maximum Gasteiger partial charge on any atom is 0.165 e. The molecule has 4 nitrogen and oxygen atoms in total. The molecule has 16 heavy (non-hydrogen) atoms. The summed E-state index contributed by atoms with van der Waals surface area (Å²) in [5.41, 5.74) is -0.0808. The second-order valence-electron chi connectivity index (χ2n) is 4.42. The SMILES string of the molecule is CNC1(CO)CCCC(Sc2ncc[nH]2)C1. The summed E-state index contributed by atoms with van der Waals surface area (Å²) in [6, 6.07) is 0. The first-order chi connectivity index (χ1) is 7.78. The molecular formula is C11H19N3OS. The van der Waals surface area contributed by atoms with Gasteiger partial charge < -0.3 is 15.4 Å². The van der Waals surface area contributed by atoms with Gasteiger partial charge in [0.2, 0.25) is 0 Å². The minimum Gasteiger partial charge on any atom is -0.394 e. The van der Waals surface area contributed by atoms with Crippen molar-refractivity contribution in [1.29, 1.82) is 0 Å². The number of nitrogens with one attached hydrogen (secondary N) is 2. The minimum absolute atomic E-state index is 0.0808. The number of thioether (sulfide) groups is 1. The quantitative estimate of drug-likeness (QED) is 0.745. The number of imidazole rings is 1. The highest BCUT2D eigenvalue weighted by molar-refractivity contribution is 7.99. The molecule has 0 spiro atoms. The van der Waals surface area contributed by atoms with Crippen LogP contribution in [-0.4, -0.2) is 39.5 Å². The van der Waals surface area contributed by atoms with Crippen LogP contribution in [-0.2, 0) is 0 Å². The highest BCUT2D eigenvalue weighted by Gasteiger charge is 2.35. The van der Waals surface area contributed by atoms with E-state index in [0.717, 1.165) is 18.0 Å². The Morgan fingerprint density at radius 3 is 3.25 bits per heavy atom. The van der Waals surface area contributed by atoms with Crippen LogP contribution in [0.3, 0.4) is 0 Å². The largest absolute Gasteiger partial charge is 0.394 e. The molecule has 2 rings (SSSR count). The molecule has 1 fully saturated rings. The van der Waals surface area contributed by atoms with Gasteiger partial charge in [0.1, 0.15) is 0 Å². The van der Waals surface area contributed by atoms with E-state index in [1.54, 1.807) is 18.0 Å². The average molecular weight is 241 g/mol. The van der Waals surface area contributed by atoms with Crippen molar-refractivity contribution < 1.29 is 5.11 Å². The van der Waals surface area contributed by atoms with Gasteiger partial charge in [-0.2, -0.15) is 0 Å². The van der Waals surface area contributed by atoms with Crippen molar-refractivity contribution in [1.82, 2.24) is 15.3 Å². The van der Waals surface area contributed by atoms with Crippen molar-refractivity contribution >= 4 is 11.8 Å². The standard InChI is InChI=1S/C11H19N3OS/c1-12-11(8-15)4-2-3-9(7-11)16-10-13-5-6-14-10/h5-6,9,12,15H,2-4,7-8H2,1H3,(H,13,14). The molecule has 1 aromatic rings. The molecule has 2 atom stereocenters. The molecule has 0 aromatic carbocycles. The Morgan fingerprint density at radius 2 is 2.62 bits per heavy atom. The van der Waals surface area contributed by atoms with Gasteiger partial charge in [-0.25, -0.2) is 4.98 Å². The summed E-state index contributed by atoms with van der Waals surface area (Å²) in [5.74, 6) is 0. The highest BCUT2D eigenvalue weighted by atomic mass is 32.2. The van der Waals surface area contributed by atoms with Gasteiger partial charge in [-0.3, -0.25) is 0 Å². The van der Waals surface area contributed by atoms with Gasteiger partial charge in [0.15, 0.2) is 5.16 Å². The number of likely N-dealkylation sites (N-methyl/N-ethyl adjacent to an activating group) is 1. The molecular weight excluding hydrogens is 222 g/mol. The van der Waals surface area contributed by atoms with E-state index in [9.17, 15) is 5.11 Å². The third-order valence-electron chi connectivity index (χ3n) is 3.38. The van der Waals surface area contributed by atoms with Crippen molar-refractivity contribution in [3.63, 3.8) is 0 Å². The molecule has 0 aliphatic heterocycles. The van der Waals surface area contributed by atoms with Crippen molar-refractivity contribution in [3.8, 4) is 0 Å². The summed E-state index contributed by atoms with van der Waals surface area (Å²) in [6.45, 7) is 0.221. The Balaban J connectivity index is 1.96. The van der Waals surface area contributed by atoms with E-state index in [2.05, 4.69) is 15.3 Å². The molecule has 0 amide bonds. The van der Waals surface area contributed by atoms with Gasteiger partial charge in [-0.15, -0.1) is 0 Å². The third kappa shape index (κ3) is 2.59. The topological polar surface area (TPSA) is 60.9 Å². The number of H-pyrrole nitrogens is 1. The first-order valence-corrected chi connectivity index (χ1v) is 6.62. The van der Waals surface area contributed by atoms with Crippen LogP contribution in [0.5, 0.6) is 0 Å². The van der Waals surface area contributed by atoms with E-state index in [0.29, 0.717) is 5.25 Å². The highest BCUT2D eigenvalue weighted by Crippen LogP contribution is 2.36. The third-order valence-corrected chi connectivity index (χ3v) is 4.57. The summed E-state index contributed by atoms with van der Waals surface area (Å²) in [7, 11) is 1.94. The summed E-state index contributed by atoms with van der Waals surface area (Å²) in [6.07, 6.45) is 8.07. The molecule has 1 aliphatic carbocycles. The van der Waals surface area contributed by atoms with Gasteiger partial charge >= 0.3 is 0 Å². The number of hydrogen-bond acceptors (Lipinski definition) is 4. The van der Waals surface area contributed by atoms with Crippen LogP contribution in [0, 0.1) is 0 Å². The number of aliphatic hydroxyl groups excluding tert-OH is 1. The molecule has 0 bridgehead atoms. The normalized spacial score (nSPS) is 30.5.